The lowest BCUT2D eigenvalue weighted by molar-refractivity contribution is 0.00578. The Kier molecular flexibility index (Phi) is 16.8. The number of hydrogen-bond donors (Lipinski definition) is 0. The van der Waals surface area contributed by atoms with Gasteiger partial charge in [-0.1, -0.05) is 279 Å². The van der Waals surface area contributed by atoms with Crippen LogP contribution in [0.15, 0.2) is 370 Å². The summed E-state index contributed by atoms with van der Waals surface area (Å²) in [6.07, 6.45) is 0. The molecule has 16 rings (SSSR count). The van der Waals surface area contributed by atoms with Gasteiger partial charge in [-0.3, -0.25) is 0 Å². The average molecular weight is 1270 g/mol. The van der Waals surface area contributed by atoms with Gasteiger partial charge in [-0.25, -0.2) is 0 Å². The summed E-state index contributed by atoms with van der Waals surface area (Å²) in [5.41, 5.74) is 32.2. The summed E-state index contributed by atoms with van der Waals surface area (Å²) in [5, 5.41) is 0. The molecule has 0 bridgehead atoms. The van der Waals surface area contributed by atoms with Crippen LogP contribution in [0.25, 0.3) is 156 Å². The van der Waals surface area contributed by atoms with Gasteiger partial charge in [-0.05, 0) is 280 Å². The van der Waals surface area contributed by atoms with E-state index in [1.807, 2.05) is 0 Å². The lowest BCUT2D eigenvalue weighted by Gasteiger charge is -2.32. The Morgan fingerprint density at radius 1 is 0.152 bits per heavy atom. The topological polar surface area (TPSA) is 18.5 Å². The zero-order valence-electron chi connectivity index (χ0n) is 56.1. The van der Waals surface area contributed by atoms with Crippen LogP contribution in [0.4, 0.5) is 0 Å². The SMILES string of the molecule is CC1(C)OB(c2cc(-c3cccc(-c4cccc(-c5cc(-c6cccc(-c7ccccc7)c6)cc(-c6cccc(-c7ccccc7)c6)c5)c4)c3)cc(-c3cccc(-c4cccc(-c5cc(-c6cccc(-c7ccccc7)c6)cc(-c6cccc(-c7ccccc7)c6)c5)c4)c3)c2)OC1(C)C. The molecule has 0 aliphatic carbocycles. The second kappa shape index (κ2) is 26.7. The van der Waals surface area contributed by atoms with Crippen molar-refractivity contribution in [3.8, 4) is 156 Å². The molecule has 0 amide bonds. The van der Waals surface area contributed by atoms with Crippen molar-refractivity contribution in [2.75, 3.05) is 0 Å². The van der Waals surface area contributed by atoms with Gasteiger partial charge >= 0.3 is 7.12 Å². The van der Waals surface area contributed by atoms with Gasteiger partial charge in [-0.2, -0.15) is 0 Å². The minimum Gasteiger partial charge on any atom is -0.399 e. The number of hydrogen-bond acceptors (Lipinski definition) is 2. The van der Waals surface area contributed by atoms with E-state index in [0.717, 1.165) is 94.5 Å². The lowest BCUT2D eigenvalue weighted by atomic mass is 9.76. The van der Waals surface area contributed by atoms with E-state index in [1.165, 1.54) is 66.8 Å². The van der Waals surface area contributed by atoms with Crippen LogP contribution in [0, 0.1) is 0 Å². The van der Waals surface area contributed by atoms with Crippen LogP contribution in [0.1, 0.15) is 27.7 Å². The molecular weight excluding hydrogens is 1200 g/mol. The fourth-order valence-corrected chi connectivity index (χ4v) is 13.9. The van der Waals surface area contributed by atoms with Gasteiger partial charge < -0.3 is 9.31 Å². The summed E-state index contributed by atoms with van der Waals surface area (Å²) < 4.78 is 13.7. The van der Waals surface area contributed by atoms with Crippen LogP contribution < -0.4 is 5.46 Å². The van der Waals surface area contributed by atoms with Crippen LogP contribution >= 0.6 is 0 Å². The molecule has 0 N–H and O–H groups in total. The summed E-state index contributed by atoms with van der Waals surface area (Å²) >= 11 is 0. The van der Waals surface area contributed by atoms with E-state index >= 15 is 0 Å². The molecule has 0 atom stereocenters. The smallest absolute Gasteiger partial charge is 0.399 e. The first-order valence-electron chi connectivity index (χ1n) is 34.3. The second-order valence-corrected chi connectivity index (χ2v) is 27.1. The first-order valence-corrected chi connectivity index (χ1v) is 34.3. The fourth-order valence-electron chi connectivity index (χ4n) is 13.9. The fraction of sp³-hybridized carbons (Fsp3) is 0.0625. The number of benzene rings is 15. The third-order valence-corrected chi connectivity index (χ3v) is 20.0. The third kappa shape index (κ3) is 13.2. The van der Waals surface area contributed by atoms with Crippen molar-refractivity contribution >= 4 is 12.6 Å². The molecule has 15 aromatic rings. The third-order valence-electron chi connectivity index (χ3n) is 20.0. The zero-order valence-corrected chi connectivity index (χ0v) is 56.1. The minimum atomic E-state index is -0.571. The minimum absolute atomic E-state index is 0.527. The molecule has 0 saturated carbocycles. The summed E-state index contributed by atoms with van der Waals surface area (Å²) in [5.74, 6) is 0. The summed E-state index contributed by atoms with van der Waals surface area (Å²) in [6.45, 7) is 8.50. The van der Waals surface area contributed by atoms with Crippen LogP contribution in [-0.2, 0) is 9.31 Å². The van der Waals surface area contributed by atoms with Crippen molar-refractivity contribution in [3.63, 3.8) is 0 Å². The monoisotopic (exact) mass is 1270 g/mol. The summed E-state index contributed by atoms with van der Waals surface area (Å²) in [4.78, 5) is 0. The Balaban J connectivity index is 0.758. The molecule has 0 unspecified atom stereocenters. The second-order valence-electron chi connectivity index (χ2n) is 27.1. The first-order chi connectivity index (χ1) is 48.5. The van der Waals surface area contributed by atoms with Crippen molar-refractivity contribution in [2.24, 2.45) is 0 Å². The van der Waals surface area contributed by atoms with E-state index in [4.69, 9.17) is 9.31 Å². The average Bonchev–Trinajstić information content (AvgIpc) is 1.53. The molecule has 99 heavy (non-hydrogen) atoms. The van der Waals surface area contributed by atoms with E-state index in [0.29, 0.717) is 0 Å². The Bertz CT molecular complexity index is 4900. The summed E-state index contributed by atoms with van der Waals surface area (Å²) in [6, 6.07) is 135. The molecule has 0 aromatic heterocycles. The number of rotatable bonds is 15. The Morgan fingerprint density at radius 3 is 0.465 bits per heavy atom. The molecule has 15 aromatic carbocycles. The predicted molar refractivity (Wildman–Crippen MR) is 418 cm³/mol. The van der Waals surface area contributed by atoms with Crippen LogP contribution in [0.3, 0.4) is 0 Å². The van der Waals surface area contributed by atoms with Crippen LogP contribution in [-0.4, -0.2) is 18.3 Å². The highest BCUT2D eigenvalue weighted by Gasteiger charge is 2.52. The highest BCUT2D eigenvalue weighted by molar-refractivity contribution is 6.62. The Morgan fingerprint density at radius 2 is 0.283 bits per heavy atom. The molecule has 1 aliphatic heterocycles. The van der Waals surface area contributed by atoms with E-state index in [-0.39, 0.29) is 0 Å². The van der Waals surface area contributed by atoms with Gasteiger partial charge in [-0.15, -0.1) is 0 Å². The van der Waals surface area contributed by atoms with Gasteiger partial charge in [0.15, 0.2) is 0 Å². The Hall–Kier alpha value is -11.7. The maximum Gasteiger partial charge on any atom is 0.494 e. The molecule has 0 radical (unpaired) electrons. The maximum atomic E-state index is 6.86. The molecule has 1 aliphatic rings. The standard InChI is InChI=1S/C96H73BO2/c1-95(2)96(3,4)99-97(98-95)94-64-92(84-47-23-39-76(55-84)74-37-21-45-82(53-74)90-59-86(78-41-17-33-70(49-78)66-25-9-5-10-26-66)57-87(60-90)79-42-18-34-71(50-79)67-27-11-6-12-28-67)63-93(65-94)85-48-24-40-77(56-85)75-38-22-46-83(54-75)91-61-88(80-43-19-35-72(51-80)68-29-13-7-14-30-68)58-89(62-91)81-44-20-36-73(52-81)69-31-15-8-16-32-69/h5-65H,1-4H3. The van der Waals surface area contributed by atoms with Gasteiger partial charge in [0.25, 0.3) is 0 Å². The quantitative estimate of drug-likeness (QED) is 0.0953. The molecule has 1 heterocycles. The van der Waals surface area contributed by atoms with Gasteiger partial charge in [0.1, 0.15) is 0 Å². The van der Waals surface area contributed by atoms with E-state index < -0.39 is 18.3 Å². The van der Waals surface area contributed by atoms with Crippen molar-refractivity contribution < 1.29 is 9.31 Å². The zero-order chi connectivity index (χ0) is 66.9. The van der Waals surface area contributed by atoms with Gasteiger partial charge in [0, 0.05) is 0 Å². The van der Waals surface area contributed by atoms with Crippen molar-refractivity contribution in [3.05, 3.63) is 370 Å². The van der Waals surface area contributed by atoms with E-state index in [9.17, 15) is 0 Å². The van der Waals surface area contributed by atoms with Crippen LogP contribution in [0.5, 0.6) is 0 Å². The first kappa shape index (κ1) is 62.1. The molecular formula is C96H73BO2. The normalized spacial score (nSPS) is 13.1. The molecule has 472 valence electrons. The highest BCUT2D eigenvalue weighted by Crippen LogP contribution is 2.43. The molecule has 1 saturated heterocycles. The molecule has 2 nitrogen and oxygen atoms in total. The largest absolute Gasteiger partial charge is 0.494 e. The van der Waals surface area contributed by atoms with Gasteiger partial charge in [0.05, 0.1) is 11.2 Å². The van der Waals surface area contributed by atoms with E-state index in [2.05, 4.69) is 398 Å². The van der Waals surface area contributed by atoms with Crippen molar-refractivity contribution in [2.45, 2.75) is 38.9 Å². The van der Waals surface area contributed by atoms with Crippen molar-refractivity contribution in [1.82, 2.24) is 0 Å². The molecule has 3 heteroatoms. The van der Waals surface area contributed by atoms with Gasteiger partial charge in [0.2, 0.25) is 0 Å². The highest BCUT2D eigenvalue weighted by atomic mass is 16.7. The predicted octanol–water partition coefficient (Wildman–Crippen LogP) is 25.3. The molecule has 1 fully saturated rings. The Labute approximate surface area is 583 Å². The van der Waals surface area contributed by atoms with E-state index in [1.54, 1.807) is 0 Å². The molecule has 0 spiro atoms. The maximum absolute atomic E-state index is 6.86. The van der Waals surface area contributed by atoms with Crippen LogP contribution in [0.2, 0.25) is 0 Å². The lowest BCUT2D eigenvalue weighted by Crippen LogP contribution is -2.41. The summed E-state index contributed by atoms with van der Waals surface area (Å²) in [7, 11) is -0.571. The van der Waals surface area contributed by atoms with Crippen molar-refractivity contribution in [1.29, 1.82) is 0 Å².